The lowest BCUT2D eigenvalue weighted by Gasteiger charge is -2.21. The van der Waals surface area contributed by atoms with Crippen molar-refractivity contribution in [2.45, 2.75) is 0 Å². The molecule has 0 spiro atoms. The zero-order valence-corrected chi connectivity index (χ0v) is 5.82. The molecule has 0 atom stereocenters. The molecule has 0 aromatic carbocycles. The van der Waals surface area contributed by atoms with Crippen LogP contribution in [-0.2, 0) is 5.11 Å². The van der Waals surface area contributed by atoms with Crippen LogP contribution in [0.1, 0.15) is 0 Å². The number of carbonyl (C=O) groups is 1. The maximum absolute atomic E-state index is 10.2. The number of carbonyl (C=O) groups excluding carboxylic acids is 1. The summed E-state index contributed by atoms with van der Waals surface area (Å²) >= 11 is 1.78. The summed E-state index contributed by atoms with van der Waals surface area (Å²) in [4.78, 5) is 11.5. The lowest BCUT2D eigenvalue weighted by Crippen LogP contribution is -2.36. The third kappa shape index (κ3) is 1.78. The Labute approximate surface area is 58.0 Å². The van der Waals surface area contributed by atoms with Gasteiger partial charge in [-0.15, -0.1) is 0 Å². The fraction of sp³-hybridized carbons (Fsp3) is 0.800. The number of thioether (sulfide) groups is 1. The lowest BCUT2D eigenvalue weighted by atomic mass is 10.5. The summed E-state index contributed by atoms with van der Waals surface area (Å²) in [5.74, 6) is 1.82. The fourth-order valence-corrected chi connectivity index (χ4v) is 1.65. The molecule has 0 unspecified atom stereocenters. The van der Waals surface area contributed by atoms with Crippen molar-refractivity contribution in [2.75, 3.05) is 24.6 Å². The second-order valence-corrected chi connectivity index (χ2v) is 3.09. The normalized spacial score (nSPS) is 19.8. The van der Waals surface area contributed by atoms with Gasteiger partial charge in [-0.3, -0.25) is 0 Å². The zero-order chi connectivity index (χ0) is 6.69. The van der Waals surface area contributed by atoms with Crippen LogP contribution >= 0.6 is 11.8 Å². The topological polar surface area (TPSA) is 40.2 Å². The number of rotatable bonds is 0. The first-order valence-corrected chi connectivity index (χ1v) is 4.00. The second kappa shape index (κ2) is 2.96. The van der Waals surface area contributed by atoms with E-state index < -0.39 is 6.09 Å². The quantitative estimate of drug-likeness (QED) is 0.501. The molecule has 51 valence electrons. The summed E-state index contributed by atoms with van der Waals surface area (Å²) in [6, 6.07) is 0. The molecular weight excluding hydrogens is 138 g/mol. The van der Waals surface area contributed by atoms with E-state index in [2.05, 4.69) is 0 Å². The molecule has 1 aliphatic rings. The molecule has 1 rings (SSSR count). The van der Waals surface area contributed by atoms with Crippen molar-refractivity contribution in [2.24, 2.45) is 0 Å². The van der Waals surface area contributed by atoms with Gasteiger partial charge in [-0.05, 0) is 0 Å². The number of hydrogen-bond donors (Lipinski definition) is 0. The molecule has 1 amide bonds. The lowest BCUT2D eigenvalue weighted by molar-refractivity contribution is 0.124. The van der Waals surface area contributed by atoms with Crippen LogP contribution in [0.25, 0.3) is 0 Å². The number of amides is 1. The van der Waals surface area contributed by atoms with Gasteiger partial charge in [-0.25, -0.2) is 9.90 Å². The van der Waals surface area contributed by atoms with Gasteiger partial charge in [0.2, 0.25) is 0 Å². The van der Waals surface area contributed by atoms with Crippen LogP contribution < -0.4 is 0 Å². The van der Waals surface area contributed by atoms with Gasteiger partial charge in [0.15, 0.2) is 0 Å². The van der Waals surface area contributed by atoms with Gasteiger partial charge in [0, 0.05) is 24.6 Å². The van der Waals surface area contributed by atoms with E-state index in [1.54, 1.807) is 11.8 Å². The minimum Gasteiger partial charge on any atom is -0.304 e. The van der Waals surface area contributed by atoms with Gasteiger partial charge in [0.1, 0.15) is 0 Å². The Kier molecular flexibility index (Phi) is 2.22. The van der Waals surface area contributed by atoms with Gasteiger partial charge in [-0.1, -0.05) is 0 Å². The van der Waals surface area contributed by atoms with Crippen molar-refractivity contribution in [1.29, 1.82) is 0 Å². The minimum atomic E-state index is -1.03. The average Bonchev–Trinajstić information content (AvgIpc) is 1.90. The van der Waals surface area contributed by atoms with E-state index in [-0.39, 0.29) is 0 Å². The summed E-state index contributed by atoms with van der Waals surface area (Å²) < 4.78 is 0. The van der Waals surface area contributed by atoms with Crippen LogP contribution in [0.15, 0.2) is 0 Å². The van der Waals surface area contributed by atoms with Crippen molar-refractivity contribution < 1.29 is 9.90 Å². The van der Waals surface area contributed by atoms with Gasteiger partial charge < -0.3 is 4.90 Å². The smallest absolute Gasteiger partial charge is 0.304 e. The first kappa shape index (κ1) is 6.74. The third-order valence-corrected chi connectivity index (χ3v) is 2.21. The first-order valence-electron chi connectivity index (χ1n) is 2.84. The molecule has 1 heterocycles. The zero-order valence-electron chi connectivity index (χ0n) is 5.00. The molecule has 1 fully saturated rings. The predicted molar refractivity (Wildman–Crippen MR) is 35.0 cm³/mol. The van der Waals surface area contributed by atoms with Crippen molar-refractivity contribution in [1.82, 2.24) is 4.90 Å². The predicted octanol–water partition coefficient (Wildman–Crippen LogP) is 0.586. The molecule has 0 N–H and O–H groups in total. The largest absolute Gasteiger partial charge is 0.453 e. The summed E-state index contributed by atoms with van der Waals surface area (Å²) in [7, 11) is 0. The van der Waals surface area contributed by atoms with E-state index in [9.17, 15) is 9.90 Å². The van der Waals surface area contributed by atoms with E-state index in [0.29, 0.717) is 13.1 Å². The highest BCUT2D eigenvalue weighted by atomic mass is 32.2. The summed E-state index contributed by atoms with van der Waals surface area (Å²) in [5, 5.41) is 10.2. The van der Waals surface area contributed by atoms with Gasteiger partial charge in [-0.2, -0.15) is 11.8 Å². The van der Waals surface area contributed by atoms with Crippen LogP contribution in [0.2, 0.25) is 0 Å². The van der Waals surface area contributed by atoms with E-state index in [1.807, 2.05) is 0 Å². The Bertz CT molecular complexity index is 112. The van der Waals surface area contributed by atoms with E-state index in [0.717, 1.165) is 11.5 Å². The van der Waals surface area contributed by atoms with Crippen molar-refractivity contribution in [3.63, 3.8) is 0 Å². The molecular formula is C5H8NO2S. The second-order valence-electron chi connectivity index (χ2n) is 1.87. The highest BCUT2D eigenvalue weighted by molar-refractivity contribution is 7.99. The highest BCUT2D eigenvalue weighted by Crippen LogP contribution is 2.08. The monoisotopic (exact) mass is 146 g/mol. The molecule has 0 aromatic rings. The fourth-order valence-electron chi connectivity index (χ4n) is 0.746. The molecule has 0 saturated carbocycles. The molecule has 1 aliphatic heterocycles. The Morgan fingerprint density at radius 3 is 2.22 bits per heavy atom. The van der Waals surface area contributed by atoms with Crippen LogP contribution in [0.5, 0.6) is 0 Å². The SMILES string of the molecule is [O]C(=O)N1CCSCC1. The van der Waals surface area contributed by atoms with Gasteiger partial charge in [0.25, 0.3) is 0 Å². The molecule has 3 nitrogen and oxygen atoms in total. The summed E-state index contributed by atoms with van der Waals surface area (Å²) in [6.45, 7) is 1.26. The molecule has 0 bridgehead atoms. The maximum Gasteiger partial charge on any atom is 0.453 e. The molecule has 1 saturated heterocycles. The summed E-state index contributed by atoms with van der Waals surface area (Å²) in [5.41, 5.74) is 0. The highest BCUT2D eigenvalue weighted by Gasteiger charge is 2.15. The third-order valence-electron chi connectivity index (χ3n) is 1.27. The Balaban J connectivity index is 2.31. The Morgan fingerprint density at radius 2 is 1.89 bits per heavy atom. The van der Waals surface area contributed by atoms with Gasteiger partial charge >= 0.3 is 6.09 Å². The van der Waals surface area contributed by atoms with Crippen molar-refractivity contribution in [3.05, 3.63) is 0 Å². The molecule has 9 heavy (non-hydrogen) atoms. The van der Waals surface area contributed by atoms with Crippen LogP contribution in [-0.4, -0.2) is 35.6 Å². The average molecular weight is 146 g/mol. The Morgan fingerprint density at radius 1 is 1.33 bits per heavy atom. The van der Waals surface area contributed by atoms with Crippen molar-refractivity contribution in [3.8, 4) is 0 Å². The van der Waals surface area contributed by atoms with E-state index >= 15 is 0 Å². The van der Waals surface area contributed by atoms with Crippen LogP contribution in [0, 0.1) is 0 Å². The van der Waals surface area contributed by atoms with E-state index in [4.69, 9.17) is 0 Å². The standard InChI is InChI=1S/C5H8NO2S/c7-5(8)6-1-3-9-4-2-6/h1-4H2. The van der Waals surface area contributed by atoms with E-state index in [1.165, 1.54) is 4.90 Å². The maximum atomic E-state index is 10.2. The molecule has 4 heteroatoms. The summed E-state index contributed by atoms with van der Waals surface area (Å²) in [6.07, 6.45) is -1.03. The molecule has 1 radical (unpaired) electrons. The number of nitrogens with zero attached hydrogens (tertiary/aromatic N) is 1. The first-order chi connectivity index (χ1) is 4.30. The van der Waals surface area contributed by atoms with Crippen molar-refractivity contribution >= 4 is 17.9 Å². The van der Waals surface area contributed by atoms with Crippen LogP contribution in [0.4, 0.5) is 4.79 Å². The van der Waals surface area contributed by atoms with Crippen LogP contribution in [0.3, 0.4) is 0 Å². The Hall–Kier alpha value is -0.380. The minimum absolute atomic E-state index is 0.632. The van der Waals surface area contributed by atoms with Gasteiger partial charge in [0.05, 0.1) is 0 Å². The molecule has 0 aromatic heterocycles. The number of hydrogen-bond acceptors (Lipinski definition) is 2. The molecule has 0 aliphatic carbocycles.